The van der Waals surface area contributed by atoms with E-state index in [1.807, 2.05) is 13.0 Å². The van der Waals surface area contributed by atoms with Crippen LogP contribution in [0.5, 0.6) is 0 Å². The van der Waals surface area contributed by atoms with Crippen LogP contribution in [-0.2, 0) is 9.84 Å². The molecule has 2 aliphatic heterocycles. The van der Waals surface area contributed by atoms with E-state index in [0.29, 0.717) is 27.9 Å². The van der Waals surface area contributed by atoms with Gasteiger partial charge < -0.3 is 0 Å². The standard InChI is InChI=1S/C22H15FN4O2S/c1-13-4-6-16(7-5-13)30(28,29)18-12-26-20(14-3-2-8-24-10-14)22-19(18)21-17(27-22)9-15(23)11-25-21/h2-12,18H,1H3. The Morgan fingerprint density at radius 2 is 1.83 bits per heavy atom. The molecule has 0 N–H and O–H groups in total. The van der Waals surface area contributed by atoms with Gasteiger partial charge in [-0.05, 0) is 31.2 Å². The highest BCUT2D eigenvalue weighted by atomic mass is 32.2. The van der Waals surface area contributed by atoms with Gasteiger partial charge in [0.25, 0.3) is 0 Å². The summed E-state index contributed by atoms with van der Waals surface area (Å²) in [6.45, 7) is 1.89. The molecule has 1 aromatic carbocycles. The fourth-order valence-electron chi connectivity index (χ4n) is 3.57. The molecule has 30 heavy (non-hydrogen) atoms. The summed E-state index contributed by atoms with van der Waals surface area (Å²) >= 11 is 0. The molecule has 0 fully saturated rings. The first-order chi connectivity index (χ1) is 14.4. The van der Waals surface area contributed by atoms with Gasteiger partial charge in [0.05, 0.1) is 33.2 Å². The van der Waals surface area contributed by atoms with Crippen LogP contribution in [0.25, 0.3) is 11.3 Å². The number of allylic oxidation sites excluding steroid dienone is 1. The fourth-order valence-corrected chi connectivity index (χ4v) is 5.13. The molecule has 3 aromatic rings. The number of aryl methyl sites for hydroxylation is 1. The van der Waals surface area contributed by atoms with E-state index < -0.39 is 20.9 Å². The highest BCUT2D eigenvalue weighted by molar-refractivity contribution is 7.93. The number of hydrogen-bond acceptors (Lipinski definition) is 6. The highest BCUT2D eigenvalue weighted by Crippen LogP contribution is 2.36. The van der Waals surface area contributed by atoms with Crippen molar-refractivity contribution in [2.45, 2.75) is 17.1 Å². The van der Waals surface area contributed by atoms with Gasteiger partial charge in [-0.25, -0.2) is 17.8 Å². The zero-order chi connectivity index (χ0) is 20.9. The van der Waals surface area contributed by atoms with Gasteiger partial charge in [0, 0.05) is 35.8 Å². The molecule has 5 rings (SSSR count). The van der Waals surface area contributed by atoms with E-state index in [4.69, 9.17) is 0 Å². The topological polar surface area (TPSA) is 84.6 Å². The Labute approximate surface area is 171 Å². The summed E-state index contributed by atoms with van der Waals surface area (Å²) in [6.07, 6.45) is 5.72. The minimum atomic E-state index is -3.82. The number of halogens is 1. The molecule has 4 heterocycles. The van der Waals surface area contributed by atoms with Crippen LogP contribution in [0.15, 0.2) is 81.6 Å². The smallest absolute Gasteiger partial charge is 0.190 e. The summed E-state index contributed by atoms with van der Waals surface area (Å²) in [7, 11) is -3.82. The maximum Gasteiger partial charge on any atom is 0.190 e. The third kappa shape index (κ3) is 2.88. The number of hydrogen-bond donors (Lipinski definition) is 0. The van der Waals surface area contributed by atoms with Crippen LogP contribution in [0.3, 0.4) is 0 Å². The van der Waals surface area contributed by atoms with Gasteiger partial charge in [-0.1, -0.05) is 17.7 Å². The summed E-state index contributed by atoms with van der Waals surface area (Å²) in [6, 6.07) is 11.5. The maximum absolute atomic E-state index is 13.8. The normalized spacial score (nSPS) is 17.5. The molecule has 1 atom stereocenters. The molecule has 0 saturated carbocycles. The summed E-state index contributed by atoms with van der Waals surface area (Å²) in [5, 5.41) is -0.450. The minimum absolute atomic E-state index is 0.178. The zero-order valence-corrected chi connectivity index (χ0v) is 16.6. The van der Waals surface area contributed by atoms with Crippen molar-refractivity contribution in [1.29, 1.82) is 0 Å². The zero-order valence-electron chi connectivity index (χ0n) is 15.8. The molecule has 0 amide bonds. The Hall–Kier alpha value is -3.52. The monoisotopic (exact) mass is 418 g/mol. The van der Waals surface area contributed by atoms with Crippen LogP contribution >= 0.6 is 0 Å². The summed E-state index contributed by atoms with van der Waals surface area (Å²) in [4.78, 5) is 17.4. The van der Waals surface area contributed by atoms with E-state index in [0.717, 1.165) is 11.8 Å². The van der Waals surface area contributed by atoms with Crippen molar-refractivity contribution in [3.63, 3.8) is 0 Å². The first kappa shape index (κ1) is 18.5. The summed E-state index contributed by atoms with van der Waals surface area (Å²) in [5.74, 6) is -0.542. The molecular weight excluding hydrogens is 403 g/mol. The second kappa shape index (κ2) is 6.77. The lowest BCUT2D eigenvalue weighted by atomic mass is 10.0. The number of aliphatic imine (C=N–C) groups is 1. The van der Waals surface area contributed by atoms with E-state index in [1.165, 1.54) is 12.3 Å². The number of nitrogens with zero attached hydrogens (tertiary/aromatic N) is 4. The van der Waals surface area contributed by atoms with Crippen molar-refractivity contribution in [2.75, 3.05) is 0 Å². The molecule has 148 valence electrons. The molecular formula is C22H15FN4O2S. The van der Waals surface area contributed by atoms with E-state index >= 15 is 0 Å². The molecule has 1 unspecified atom stereocenters. The number of sulfone groups is 1. The number of rotatable bonds is 3. The predicted octanol–water partition coefficient (Wildman–Crippen LogP) is 2.00. The number of fused-ring (bicyclic) bond motifs is 2. The third-order valence-electron chi connectivity index (χ3n) is 5.04. The van der Waals surface area contributed by atoms with Crippen LogP contribution in [0, 0.1) is 12.7 Å². The molecule has 0 saturated heterocycles. The molecule has 2 aromatic heterocycles. The SMILES string of the molecule is Cc1ccc(S(=O)(=O)C2C=NC(c3cccnc3)=C3N=c4cc(F)cnc4=C32)cc1. The van der Waals surface area contributed by atoms with Gasteiger partial charge in [0.15, 0.2) is 9.84 Å². The Balaban J connectivity index is 1.77. The van der Waals surface area contributed by atoms with Gasteiger partial charge in [0.1, 0.15) is 11.1 Å². The van der Waals surface area contributed by atoms with Crippen molar-refractivity contribution in [1.82, 2.24) is 9.97 Å². The molecule has 0 aliphatic carbocycles. The lowest BCUT2D eigenvalue weighted by molar-refractivity contribution is 0.596. The van der Waals surface area contributed by atoms with E-state index in [2.05, 4.69) is 20.0 Å². The van der Waals surface area contributed by atoms with Crippen molar-refractivity contribution >= 4 is 27.3 Å². The largest absolute Gasteiger partial charge is 0.264 e. The predicted molar refractivity (Wildman–Crippen MR) is 110 cm³/mol. The van der Waals surface area contributed by atoms with Gasteiger partial charge in [0.2, 0.25) is 0 Å². The number of pyridine rings is 2. The number of aromatic nitrogens is 2. The van der Waals surface area contributed by atoms with Gasteiger partial charge in [-0.2, -0.15) is 0 Å². The van der Waals surface area contributed by atoms with E-state index in [9.17, 15) is 12.8 Å². The van der Waals surface area contributed by atoms with Gasteiger partial charge in [-0.15, -0.1) is 0 Å². The van der Waals surface area contributed by atoms with Crippen LogP contribution in [0.4, 0.5) is 4.39 Å². The molecule has 0 bridgehead atoms. The Morgan fingerprint density at radius 3 is 2.57 bits per heavy atom. The highest BCUT2D eigenvalue weighted by Gasteiger charge is 2.38. The lowest BCUT2D eigenvalue weighted by Gasteiger charge is -2.21. The number of benzene rings is 1. The second-order valence-corrected chi connectivity index (χ2v) is 9.11. The average molecular weight is 418 g/mol. The van der Waals surface area contributed by atoms with Crippen LogP contribution in [0.1, 0.15) is 11.1 Å². The van der Waals surface area contributed by atoms with Crippen LogP contribution < -0.4 is 10.7 Å². The van der Waals surface area contributed by atoms with Gasteiger partial charge in [-0.3, -0.25) is 15.0 Å². The first-order valence-electron chi connectivity index (χ1n) is 9.19. The molecule has 0 spiro atoms. The first-order valence-corrected chi connectivity index (χ1v) is 10.7. The second-order valence-electron chi connectivity index (χ2n) is 7.04. The van der Waals surface area contributed by atoms with Gasteiger partial charge >= 0.3 is 0 Å². The quantitative estimate of drug-likeness (QED) is 0.651. The van der Waals surface area contributed by atoms with Crippen molar-refractivity contribution in [2.24, 2.45) is 9.98 Å². The van der Waals surface area contributed by atoms with Crippen molar-refractivity contribution < 1.29 is 12.8 Å². The lowest BCUT2D eigenvalue weighted by Crippen LogP contribution is -2.35. The maximum atomic E-state index is 13.8. The Morgan fingerprint density at radius 1 is 1.03 bits per heavy atom. The third-order valence-corrected chi connectivity index (χ3v) is 7.00. The van der Waals surface area contributed by atoms with E-state index in [-0.39, 0.29) is 10.3 Å². The van der Waals surface area contributed by atoms with Crippen LogP contribution in [0.2, 0.25) is 0 Å². The Kier molecular flexibility index (Phi) is 4.18. The Bertz CT molecular complexity index is 1460. The molecule has 6 nitrogen and oxygen atoms in total. The molecule has 2 aliphatic rings. The van der Waals surface area contributed by atoms with E-state index in [1.54, 1.807) is 42.7 Å². The fraction of sp³-hybridized carbons (Fsp3) is 0.0909. The molecule has 0 radical (unpaired) electrons. The van der Waals surface area contributed by atoms with Crippen molar-refractivity contribution in [3.8, 4) is 0 Å². The summed E-state index contributed by atoms with van der Waals surface area (Å²) < 4.78 is 40.7. The van der Waals surface area contributed by atoms with Crippen LogP contribution in [-0.4, -0.2) is 29.9 Å². The summed E-state index contributed by atoms with van der Waals surface area (Å²) in [5.41, 5.74) is 2.90. The molecule has 8 heteroatoms. The van der Waals surface area contributed by atoms with Crippen molar-refractivity contribution in [3.05, 3.63) is 94.4 Å². The minimum Gasteiger partial charge on any atom is -0.264 e. The average Bonchev–Trinajstić information content (AvgIpc) is 3.12.